The highest BCUT2D eigenvalue weighted by Crippen LogP contribution is 2.26. The van der Waals surface area contributed by atoms with Gasteiger partial charge in [-0.15, -0.1) is 11.3 Å². The molecular formula is C18H20FN5O2S. The number of carbonyl (C=O) groups is 1. The third-order valence-corrected chi connectivity index (χ3v) is 5.64. The minimum Gasteiger partial charge on any atom is -0.391 e. The Morgan fingerprint density at radius 1 is 1.52 bits per heavy atom. The molecule has 0 saturated carbocycles. The van der Waals surface area contributed by atoms with E-state index in [9.17, 15) is 14.3 Å². The molecule has 0 aromatic carbocycles. The van der Waals surface area contributed by atoms with Gasteiger partial charge >= 0.3 is 0 Å². The van der Waals surface area contributed by atoms with Crippen molar-refractivity contribution in [2.45, 2.75) is 25.5 Å². The Morgan fingerprint density at radius 2 is 2.37 bits per heavy atom. The van der Waals surface area contributed by atoms with Gasteiger partial charge in [0.25, 0.3) is 5.91 Å². The normalized spacial score (nSPS) is 20.9. The predicted octanol–water partition coefficient (Wildman–Crippen LogP) is 2.04. The fourth-order valence-electron chi connectivity index (χ4n) is 3.25. The molecule has 2 aliphatic heterocycles. The molecule has 2 atom stereocenters. The molecule has 2 aromatic heterocycles. The summed E-state index contributed by atoms with van der Waals surface area (Å²) in [5.41, 5.74) is 1.86. The van der Waals surface area contributed by atoms with Crippen LogP contribution in [0.15, 0.2) is 35.1 Å². The lowest BCUT2D eigenvalue weighted by atomic mass is 10.1. The molecule has 4 rings (SSSR count). The van der Waals surface area contributed by atoms with Crippen molar-refractivity contribution in [2.24, 2.45) is 0 Å². The van der Waals surface area contributed by atoms with E-state index in [1.54, 1.807) is 4.90 Å². The lowest BCUT2D eigenvalue weighted by molar-refractivity contribution is 0.0761. The van der Waals surface area contributed by atoms with Gasteiger partial charge in [-0.25, -0.2) is 14.4 Å². The molecule has 4 heterocycles. The van der Waals surface area contributed by atoms with Crippen LogP contribution in [0.5, 0.6) is 0 Å². The van der Waals surface area contributed by atoms with Crippen LogP contribution in [-0.4, -0.2) is 57.7 Å². The summed E-state index contributed by atoms with van der Waals surface area (Å²) in [5.74, 6) is -0.209. The van der Waals surface area contributed by atoms with Gasteiger partial charge in [0.05, 0.1) is 16.3 Å². The first-order valence-corrected chi connectivity index (χ1v) is 9.68. The van der Waals surface area contributed by atoms with Crippen LogP contribution in [0.3, 0.4) is 0 Å². The number of rotatable bonds is 4. The van der Waals surface area contributed by atoms with Crippen molar-refractivity contribution < 1.29 is 14.3 Å². The lowest BCUT2D eigenvalue weighted by Crippen LogP contribution is -2.31. The van der Waals surface area contributed by atoms with Gasteiger partial charge in [0, 0.05) is 31.9 Å². The molecule has 9 heteroatoms. The molecule has 3 N–H and O–H groups in total. The highest BCUT2D eigenvalue weighted by molar-refractivity contribution is 7.17. The molecule has 7 nitrogen and oxygen atoms in total. The van der Waals surface area contributed by atoms with Gasteiger partial charge in [0.2, 0.25) is 5.95 Å². The third-order valence-electron chi connectivity index (χ3n) is 4.73. The van der Waals surface area contributed by atoms with Crippen LogP contribution in [0.1, 0.15) is 23.8 Å². The standard InChI is InChI=1S/C18H20FN5O2S/c1-10(11-6-12(19)8-20-7-11)21-18-22-14-3-5-27-16(14)15(23-18)17(26)24-4-2-13(25)9-24/h3,5-6,8,10,13,20,25H,2,4,7,9H2,1H3,(H,21,22,23)/t10-,13-/m0/s1. The Balaban J connectivity index is 1.62. The average molecular weight is 389 g/mol. The van der Waals surface area contributed by atoms with Crippen LogP contribution in [0.2, 0.25) is 0 Å². The van der Waals surface area contributed by atoms with E-state index in [1.165, 1.54) is 23.6 Å². The highest BCUT2D eigenvalue weighted by Gasteiger charge is 2.28. The molecule has 0 bridgehead atoms. The molecule has 27 heavy (non-hydrogen) atoms. The van der Waals surface area contributed by atoms with Crippen molar-refractivity contribution in [1.29, 1.82) is 0 Å². The molecule has 2 aromatic rings. The fourth-order valence-corrected chi connectivity index (χ4v) is 4.06. The van der Waals surface area contributed by atoms with E-state index >= 15 is 0 Å². The molecule has 1 saturated heterocycles. The number of likely N-dealkylation sites (tertiary alicyclic amines) is 1. The first-order chi connectivity index (χ1) is 13.0. The number of aliphatic hydroxyl groups is 1. The number of thiophene rings is 1. The average Bonchev–Trinajstić information content (AvgIpc) is 3.29. The summed E-state index contributed by atoms with van der Waals surface area (Å²) in [7, 11) is 0. The van der Waals surface area contributed by atoms with E-state index in [4.69, 9.17) is 0 Å². The maximum absolute atomic E-state index is 13.5. The molecule has 0 radical (unpaired) electrons. The number of amides is 1. The molecule has 0 unspecified atom stereocenters. The summed E-state index contributed by atoms with van der Waals surface area (Å²) in [6.07, 6.45) is 2.90. The van der Waals surface area contributed by atoms with Crippen molar-refractivity contribution in [1.82, 2.24) is 20.2 Å². The number of dihydropyridines is 1. The second-order valence-corrected chi connectivity index (χ2v) is 7.64. The number of anilines is 1. The molecule has 1 amide bonds. The summed E-state index contributed by atoms with van der Waals surface area (Å²) in [6, 6.07) is 1.64. The number of β-amino-alcohol motifs (C(OH)–C–C–N with tert-alkyl or cyclic N) is 1. The number of aliphatic hydroxyl groups excluding tert-OH is 1. The smallest absolute Gasteiger partial charge is 0.274 e. The number of carbonyl (C=O) groups excluding carboxylic acids is 1. The zero-order valence-electron chi connectivity index (χ0n) is 14.8. The first-order valence-electron chi connectivity index (χ1n) is 8.80. The fraction of sp³-hybridized carbons (Fsp3) is 0.389. The summed E-state index contributed by atoms with van der Waals surface area (Å²) < 4.78 is 14.2. The minimum absolute atomic E-state index is 0.204. The zero-order valence-corrected chi connectivity index (χ0v) is 15.6. The van der Waals surface area contributed by atoms with Gasteiger partial charge in [0.15, 0.2) is 5.69 Å². The van der Waals surface area contributed by atoms with E-state index in [0.717, 1.165) is 10.3 Å². The molecule has 0 spiro atoms. The second-order valence-electron chi connectivity index (χ2n) is 6.72. The predicted molar refractivity (Wildman–Crippen MR) is 102 cm³/mol. The summed E-state index contributed by atoms with van der Waals surface area (Å²) in [6.45, 7) is 3.25. The summed E-state index contributed by atoms with van der Waals surface area (Å²) in [5, 5.41) is 17.6. The largest absolute Gasteiger partial charge is 0.391 e. The van der Waals surface area contributed by atoms with Gasteiger partial charge in [-0.2, -0.15) is 0 Å². The van der Waals surface area contributed by atoms with Crippen LogP contribution in [-0.2, 0) is 0 Å². The summed E-state index contributed by atoms with van der Waals surface area (Å²) in [4.78, 5) is 23.5. The molecule has 142 valence electrons. The van der Waals surface area contributed by atoms with Gasteiger partial charge < -0.3 is 20.6 Å². The van der Waals surface area contributed by atoms with Crippen LogP contribution < -0.4 is 10.6 Å². The molecule has 0 aliphatic carbocycles. The Bertz CT molecular complexity index is 941. The number of fused-ring (bicyclic) bond motifs is 1. The Labute approximate surface area is 159 Å². The van der Waals surface area contributed by atoms with E-state index in [2.05, 4.69) is 20.6 Å². The molecular weight excluding hydrogens is 369 g/mol. The third kappa shape index (κ3) is 3.65. The maximum atomic E-state index is 13.5. The van der Waals surface area contributed by atoms with Crippen molar-refractivity contribution in [3.63, 3.8) is 0 Å². The molecule has 1 fully saturated rings. The van der Waals surface area contributed by atoms with E-state index in [-0.39, 0.29) is 17.8 Å². The topological polar surface area (TPSA) is 90.4 Å². The van der Waals surface area contributed by atoms with Crippen LogP contribution >= 0.6 is 11.3 Å². The Kier molecular flexibility index (Phi) is 4.79. The number of nitrogens with one attached hydrogen (secondary N) is 2. The van der Waals surface area contributed by atoms with Gasteiger partial charge in [-0.05, 0) is 36.4 Å². The Hall–Kier alpha value is -2.52. The van der Waals surface area contributed by atoms with Crippen molar-refractivity contribution in [3.05, 3.63) is 40.8 Å². The van der Waals surface area contributed by atoms with Gasteiger partial charge in [-0.3, -0.25) is 4.79 Å². The van der Waals surface area contributed by atoms with E-state index in [0.29, 0.717) is 43.2 Å². The lowest BCUT2D eigenvalue weighted by Gasteiger charge is -2.21. The monoisotopic (exact) mass is 389 g/mol. The van der Waals surface area contributed by atoms with Crippen LogP contribution in [0.4, 0.5) is 10.3 Å². The first kappa shape index (κ1) is 17.9. The second kappa shape index (κ2) is 7.24. The van der Waals surface area contributed by atoms with E-state index in [1.807, 2.05) is 18.4 Å². The summed E-state index contributed by atoms with van der Waals surface area (Å²) >= 11 is 1.42. The minimum atomic E-state index is -0.485. The van der Waals surface area contributed by atoms with Crippen LogP contribution in [0, 0.1) is 0 Å². The highest BCUT2D eigenvalue weighted by atomic mass is 32.1. The number of hydrogen-bond acceptors (Lipinski definition) is 7. The number of halogens is 1. The SMILES string of the molecule is C[C@H](Nc1nc(C(=O)N2CC[C@H](O)C2)c2sccc2n1)C1=CC(F)=CNC1. The van der Waals surface area contributed by atoms with Crippen molar-refractivity contribution in [3.8, 4) is 0 Å². The zero-order chi connectivity index (χ0) is 19.0. The quantitative estimate of drug-likeness (QED) is 0.741. The molecule has 2 aliphatic rings. The van der Waals surface area contributed by atoms with Gasteiger partial charge in [-0.1, -0.05) is 0 Å². The number of allylic oxidation sites excluding steroid dienone is 2. The Morgan fingerprint density at radius 3 is 3.11 bits per heavy atom. The maximum Gasteiger partial charge on any atom is 0.274 e. The van der Waals surface area contributed by atoms with Crippen molar-refractivity contribution >= 4 is 33.4 Å². The van der Waals surface area contributed by atoms with Crippen molar-refractivity contribution in [2.75, 3.05) is 25.0 Å². The van der Waals surface area contributed by atoms with Gasteiger partial charge in [0.1, 0.15) is 5.83 Å². The van der Waals surface area contributed by atoms with Crippen LogP contribution in [0.25, 0.3) is 10.2 Å². The number of nitrogens with zero attached hydrogens (tertiary/aromatic N) is 3. The number of hydrogen-bond donors (Lipinski definition) is 3. The number of aromatic nitrogens is 2. The van der Waals surface area contributed by atoms with E-state index < -0.39 is 6.10 Å².